The van der Waals surface area contributed by atoms with E-state index in [-0.39, 0.29) is 5.91 Å². The highest BCUT2D eigenvalue weighted by Crippen LogP contribution is 2.12. The number of amides is 1. The van der Waals surface area contributed by atoms with E-state index in [1.807, 2.05) is 54.7 Å². The molecular weight excluding hydrogens is 304 g/mol. The average molecular weight is 322 g/mol. The summed E-state index contributed by atoms with van der Waals surface area (Å²) in [6.45, 7) is 2.07. The molecule has 1 atom stereocenters. The second-order valence-electron chi connectivity index (χ2n) is 5.23. The van der Waals surface area contributed by atoms with Crippen LogP contribution in [0.4, 0.5) is 0 Å². The summed E-state index contributed by atoms with van der Waals surface area (Å²) >= 11 is 0. The van der Waals surface area contributed by atoms with Gasteiger partial charge in [-0.2, -0.15) is 5.10 Å². The minimum atomic E-state index is -0.586. The molecular formula is C18H18N4O2. The lowest BCUT2D eigenvalue weighted by Gasteiger charge is -2.15. The van der Waals surface area contributed by atoms with Crippen molar-refractivity contribution in [1.82, 2.24) is 20.1 Å². The van der Waals surface area contributed by atoms with Crippen molar-refractivity contribution >= 4 is 5.91 Å². The highest BCUT2D eigenvalue weighted by atomic mass is 16.5. The molecule has 0 aliphatic heterocycles. The lowest BCUT2D eigenvalue weighted by atomic mass is 10.2. The van der Waals surface area contributed by atoms with Crippen molar-refractivity contribution in [3.8, 4) is 11.6 Å². The fraction of sp³-hybridized carbons (Fsp3) is 0.167. The number of aromatic nitrogens is 3. The molecule has 0 spiro atoms. The van der Waals surface area contributed by atoms with Crippen LogP contribution in [0, 0.1) is 0 Å². The second-order valence-corrected chi connectivity index (χ2v) is 5.23. The third kappa shape index (κ3) is 3.78. The van der Waals surface area contributed by atoms with Gasteiger partial charge in [-0.15, -0.1) is 0 Å². The quantitative estimate of drug-likeness (QED) is 0.756. The van der Waals surface area contributed by atoms with E-state index < -0.39 is 6.10 Å². The molecule has 0 aliphatic carbocycles. The molecule has 1 aromatic carbocycles. The van der Waals surface area contributed by atoms with Gasteiger partial charge in [-0.05, 0) is 31.2 Å². The zero-order valence-electron chi connectivity index (χ0n) is 13.3. The van der Waals surface area contributed by atoms with Crippen LogP contribution in [-0.4, -0.2) is 26.8 Å². The zero-order chi connectivity index (χ0) is 16.8. The van der Waals surface area contributed by atoms with E-state index in [1.54, 1.807) is 24.0 Å². The number of nitrogens with one attached hydrogen (secondary N) is 1. The van der Waals surface area contributed by atoms with Crippen LogP contribution in [0.3, 0.4) is 0 Å². The van der Waals surface area contributed by atoms with E-state index in [2.05, 4.69) is 15.4 Å². The van der Waals surface area contributed by atoms with Gasteiger partial charge in [-0.3, -0.25) is 4.79 Å². The van der Waals surface area contributed by atoms with Crippen molar-refractivity contribution in [1.29, 1.82) is 0 Å². The van der Waals surface area contributed by atoms with Gasteiger partial charge in [-0.1, -0.05) is 24.3 Å². The Morgan fingerprint density at radius 3 is 2.75 bits per heavy atom. The third-order valence-electron chi connectivity index (χ3n) is 3.47. The Morgan fingerprint density at radius 1 is 1.17 bits per heavy atom. The summed E-state index contributed by atoms with van der Waals surface area (Å²) < 4.78 is 7.29. The van der Waals surface area contributed by atoms with Crippen LogP contribution in [0.25, 0.3) is 5.82 Å². The number of nitrogens with zero attached hydrogens (tertiary/aromatic N) is 3. The van der Waals surface area contributed by atoms with Gasteiger partial charge < -0.3 is 10.1 Å². The van der Waals surface area contributed by atoms with Gasteiger partial charge in [0.25, 0.3) is 5.91 Å². The summed E-state index contributed by atoms with van der Waals surface area (Å²) in [5, 5.41) is 7.06. The van der Waals surface area contributed by atoms with Gasteiger partial charge in [0.1, 0.15) is 5.75 Å². The van der Waals surface area contributed by atoms with Crippen molar-refractivity contribution in [3.63, 3.8) is 0 Å². The first-order valence-corrected chi connectivity index (χ1v) is 7.67. The highest BCUT2D eigenvalue weighted by molar-refractivity contribution is 5.80. The van der Waals surface area contributed by atoms with Gasteiger partial charge in [0, 0.05) is 30.7 Å². The number of benzene rings is 1. The van der Waals surface area contributed by atoms with Gasteiger partial charge in [0.2, 0.25) is 0 Å². The molecule has 2 aromatic heterocycles. The Labute approximate surface area is 140 Å². The fourth-order valence-electron chi connectivity index (χ4n) is 2.25. The molecule has 0 fully saturated rings. The first kappa shape index (κ1) is 15.7. The van der Waals surface area contributed by atoms with Crippen LogP contribution in [-0.2, 0) is 11.3 Å². The minimum absolute atomic E-state index is 0.186. The van der Waals surface area contributed by atoms with Crippen molar-refractivity contribution in [2.24, 2.45) is 0 Å². The van der Waals surface area contributed by atoms with Crippen molar-refractivity contribution in [2.75, 3.05) is 0 Å². The van der Waals surface area contributed by atoms with E-state index >= 15 is 0 Å². The summed E-state index contributed by atoms with van der Waals surface area (Å²) in [6.07, 6.45) is 4.61. The molecule has 122 valence electrons. The standard InChI is InChI=1S/C18H18N4O2/c1-14(24-16-8-3-2-4-9-16)18(23)20-13-15-7-5-10-19-17(15)22-12-6-11-21-22/h2-12,14H,13H2,1H3,(H,20,23). The number of para-hydroxylation sites is 1. The Bertz CT molecular complexity index is 788. The monoisotopic (exact) mass is 322 g/mol. The van der Waals surface area contributed by atoms with Crippen LogP contribution in [0.1, 0.15) is 12.5 Å². The summed E-state index contributed by atoms with van der Waals surface area (Å²) in [7, 11) is 0. The molecule has 1 unspecified atom stereocenters. The van der Waals surface area contributed by atoms with Crippen molar-refractivity contribution in [2.45, 2.75) is 19.6 Å². The van der Waals surface area contributed by atoms with Crippen LogP contribution in [0.5, 0.6) is 5.75 Å². The summed E-state index contributed by atoms with van der Waals surface area (Å²) in [6, 6.07) is 14.8. The Kier molecular flexibility index (Phi) is 4.86. The predicted molar refractivity (Wildman–Crippen MR) is 89.7 cm³/mol. The molecule has 6 nitrogen and oxygen atoms in total. The molecule has 1 N–H and O–H groups in total. The van der Waals surface area contributed by atoms with E-state index in [0.29, 0.717) is 18.1 Å². The number of ether oxygens (including phenoxy) is 1. The lowest BCUT2D eigenvalue weighted by molar-refractivity contribution is -0.127. The molecule has 0 saturated heterocycles. The Balaban J connectivity index is 1.63. The van der Waals surface area contributed by atoms with E-state index in [0.717, 1.165) is 5.56 Å². The highest BCUT2D eigenvalue weighted by Gasteiger charge is 2.15. The second kappa shape index (κ2) is 7.41. The average Bonchev–Trinajstić information content (AvgIpc) is 3.15. The van der Waals surface area contributed by atoms with Crippen LogP contribution in [0.15, 0.2) is 67.1 Å². The normalized spacial score (nSPS) is 11.7. The summed E-state index contributed by atoms with van der Waals surface area (Å²) in [5.41, 5.74) is 0.876. The van der Waals surface area contributed by atoms with Gasteiger partial charge >= 0.3 is 0 Å². The smallest absolute Gasteiger partial charge is 0.261 e. The van der Waals surface area contributed by atoms with Gasteiger partial charge in [0.15, 0.2) is 11.9 Å². The number of rotatable bonds is 6. The molecule has 0 saturated carbocycles. The molecule has 0 radical (unpaired) electrons. The van der Waals surface area contributed by atoms with Crippen LogP contribution < -0.4 is 10.1 Å². The van der Waals surface area contributed by atoms with E-state index in [1.165, 1.54) is 0 Å². The SMILES string of the molecule is CC(Oc1ccccc1)C(=O)NCc1cccnc1-n1cccn1. The fourth-order valence-corrected chi connectivity index (χ4v) is 2.25. The maximum atomic E-state index is 12.2. The molecule has 24 heavy (non-hydrogen) atoms. The maximum Gasteiger partial charge on any atom is 0.261 e. The largest absolute Gasteiger partial charge is 0.481 e. The van der Waals surface area contributed by atoms with E-state index in [9.17, 15) is 4.79 Å². The summed E-state index contributed by atoms with van der Waals surface area (Å²) in [5.74, 6) is 1.17. The molecule has 1 amide bonds. The Morgan fingerprint density at radius 2 is 2.00 bits per heavy atom. The first-order chi connectivity index (χ1) is 11.7. The van der Waals surface area contributed by atoms with Gasteiger partial charge in [-0.25, -0.2) is 9.67 Å². The predicted octanol–water partition coefficient (Wildman–Crippen LogP) is 2.35. The minimum Gasteiger partial charge on any atom is -0.481 e. The third-order valence-corrected chi connectivity index (χ3v) is 3.47. The Hall–Kier alpha value is -3.15. The molecule has 3 rings (SSSR count). The first-order valence-electron chi connectivity index (χ1n) is 7.67. The number of carbonyl (C=O) groups is 1. The molecule has 6 heteroatoms. The van der Waals surface area contributed by atoms with E-state index in [4.69, 9.17) is 4.74 Å². The zero-order valence-corrected chi connectivity index (χ0v) is 13.3. The summed E-state index contributed by atoms with van der Waals surface area (Å²) in [4.78, 5) is 16.6. The molecule has 3 aromatic rings. The maximum absolute atomic E-state index is 12.2. The topological polar surface area (TPSA) is 69.0 Å². The molecule has 2 heterocycles. The van der Waals surface area contributed by atoms with Crippen LogP contribution in [0.2, 0.25) is 0 Å². The van der Waals surface area contributed by atoms with Crippen molar-refractivity contribution < 1.29 is 9.53 Å². The van der Waals surface area contributed by atoms with Crippen LogP contribution >= 0.6 is 0 Å². The number of hydrogen-bond acceptors (Lipinski definition) is 4. The molecule has 0 aliphatic rings. The number of carbonyl (C=O) groups excluding carboxylic acids is 1. The number of pyridine rings is 1. The number of hydrogen-bond donors (Lipinski definition) is 1. The van der Waals surface area contributed by atoms with Gasteiger partial charge in [0.05, 0.1) is 0 Å². The lowest BCUT2D eigenvalue weighted by Crippen LogP contribution is -2.36. The molecule has 0 bridgehead atoms. The van der Waals surface area contributed by atoms with Crippen molar-refractivity contribution in [3.05, 3.63) is 72.7 Å².